The number of ether oxygens (including phenoxy) is 1. The zero-order chi connectivity index (χ0) is 18.5. The molecule has 26 heavy (non-hydrogen) atoms. The van der Waals surface area contributed by atoms with Crippen LogP contribution in [0.2, 0.25) is 0 Å². The van der Waals surface area contributed by atoms with Crippen LogP contribution < -0.4 is 20.5 Å². The molecule has 8 heteroatoms. The number of nitrogens with one attached hydrogen (secondary N) is 2. The van der Waals surface area contributed by atoms with E-state index >= 15 is 0 Å². The molecule has 0 saturated carbocycles. The van der Waals surface area contributed by atoms with Crippen LogP contribution in [0.4, 0.5) is 10.1 Å². The van der Waals surface area contributed by atoms with Crippen LogP contribution in [0.25, 0.3) is 0 Å². The van der Waals surface area contributed by atoms with Crippen molar-refractivity contribution in [1.82, 2.24) is 10.9 Å². The Kier molecular flexibility index (Phi) is 5.12. The van der Waals surface area contributed by atoms with E-state index in [0.717, 1.165) is 0 Å². The standard InChI is InChI=1S/C18H16FN3O4/c19-13-6-2-1-5-12(13)9-16(23)20-21-17(24)10-22-14-7-3-4-8-15(14)26-11-18(22)25/h1-8H,9-11H2,(H,20,23)(H,21,24). The highest BCUT2D eigenvalue weighted by atomic mass is 19.1. The first-order valence-electron chi connectivity index (χ1n) is 7.88. The molecule has 1 heterocycles. The maximum Gasteiger partial charge on any atom is 0.265 e. The van der Waals surface area contributed by atoms with Crippen molar-refractivity contribution in [2.24, 2.45) is 0 Å². The van der Waals surface area contributed by atoms with E-state index in [1.165, 1.54) is 23.1 Å². The predicted molar refractivity (Wildman–Crippen MR) is 90.7 cm³/mol. The van der Waals surface area contributed by atoms with Crippen LogP contribution in [0.1, 0.15) is 5.56 Å². The largest absolute Gasteiger partial charge is 0.482 e. The van der Waals surface area contributed by atoms with Gasteiger partial charge in [-0.25, -0.2) is 4.39 Å². The number of halogens is 1. The van der Waals surface area contributed by atoms with Gasteiger partial charge in [0, 0.05) is 0 Å². The van der Waals surface area contributed by atoms with Crippen LogP contribution in [0.15, 0.2) is 48.5 Å². The lowest BCUT2D eigenvalue weighted by molar-refractivity contribution is -0.129. The Hall–Kier alpha value is -3.42. The Balaban J connectivity index is 1.55. The fourth-order valence-electron chi connectivity index (χ4n) is 2.51. The molecule has 2 N–H and O–H groups in total. The highest BCUT2D eigenvalue weighted by molar-refractivity contribution is 6.02. The van der Waals surface area contributed by atoms with Gasteiger partial charge in [0.2, 0.25) is 5.91 Å². The van der Waals surface area contributed by atoms with E-state index in [1.807, 2.05) is 0 Å². The van der Waals surface area contributed by atoms with Gasteiger partial charge in [-0.05, 0) is 23.8 Å². The van der Waals surface area contributed by atoms with Gasteiger partial charge in [-0.2, -0.15) is 0 Å². The lowest BCUT2D eigenvalue weighted by atomic mass is 10.1. The monoisotopic (exact) mass is 357 g/mol. The number of nitrogens with zero attached hydrogens (tertiary/aromatic N) is 1. The SMILES string of the molecule is O=C(Cc1ccccc1F)NNC(=O)CN1C(=O)COc2ccccc21. The molecule has 7 nitrogen and oxygen atoms in total. The van der Waals surface area contributed by atoms with E-state index < -0.39 is 17.6 Å². The van der Waals surface area contributed by atoms with Gasteiger partial charge in [-0.3, -0.25) is 30.1 Å². The third-order valence-corrected chi connectivity index (χ3v) is 3.76. The van der Waals surface area contributed by atoms with Crippen molar-refractivity contribution in [3.63, 3.8) is 0 Å². The van der Waals surface area contributed by atoms with Crippen molar-refractivity contribution in [3.8, 4) is 5.75 Å². The van der Waals surface area contributed by atoms with Gasteiger partial charge >= 0.3 is 0 Å². The van der Waals surface area contributed by atoms with Crippen molar-refractivity contribution in [2.45, 2.75) is 6.42 Å². The summed E-state index contributed by atoms with van der Waals surface area (Å²) in [7, 11) is 0. The number of carbonyl (C=O) groups excluding carboxylic acids is 3. The minimum atomic E-state index is -0.586. The average Bonchev–Trinajstić information content (AvgIpc) is 2.64. The number of amides is 3. The van der Waals surface area contributed by atoms with Gasteiger partial charge in [0.25, 0.3) is 11.8 Å². The number of hydrazine groups is 1. The maximum absolute atomic E-state index is 13.5. The third kappa shape index (κ3) is 3.97. The van der Waals surface area contributed by atoms with Crippen molar-refractivity contribution >= 4 is 23.4 Å². The Morgan fingerprint density at radius 2 is 1.73 bits per heavy atom. The number of rotatable bonds is 4. The number of fused-ring (bicyclic) bond motifs is 1. The predicted octanol–water partition coefficient (Wildman–Crippen LogP) is 0.941. The highest BCUT2D eigenvalue weighted by Crippen LogP contribution is 2.31. The van der Waals surface area contributed by atoms with E-state index in [4.69, 9.17) is 4.74 Å². The minimum absolute atomic E-state index is 0.163. The molecule has 0 fully saturated rings. The topological polar surface area (TPSA) is 87.7 Å². The second-order valence-corrected chi connectivity index (χ2v) is 5.60. The van der Waals surface area contributed by atoms with E-state index in [-0.39, 0.29) is 31.0 Å². The van der Waals surface area contributed by atoms with Crippen LogP contribution in [0, 0.1) is 5.82 Å². The first-order valence-corrected chi connectivity index (χ1v) is 7.88. The van der Waals surface area contributed by atoms with Gasteiger partial charge in [0.1, 0.15) is 18.1 Å². The van der Waals surface area contributed by atoms with Crippen LogP contribution in [-0.2, 0) is 20.8 Å². The summed E-state index contributed by atoms with van der Waals surface area (Å²) in [6.07, 6.45) is -0.216. The molecule has 0 radical (unpaired) electrons. The molecule has 0 aromatic heterocycles. The summed E-state index contributed by atoms with van der Waals surface area (Å²) in [6, 6.07) is 12.7. The molecule has 3 rings (SSSR count). The number of hydrogen-bond donors (Lipinski definition) is 2. The average molecular weight is 357 g/mol. The molecule has 134 valence electrons. The number of hydrogen-bond acceptors (Lipinski definition) is 4. The van der Waals surface area contributed by atoms with E-state index in [0.29, 0.717) is 11.4 Å². The molecule has 2 aromatic carbocycles. The van der Waals surface area contributed by atoms with Crippen molar-refractivity contribution in [2.75, 3.05) is 18.1 Å². The molecule has 0 bridgehead atoms. The summed E-state index contributed by atoms with van der Waals surface area (Å²) in [5.41, 5.74) is 5.14. The fourth-order valence-corrected chi connectivity index (χ4v) is 2.51. The molecule has 0 unspecified atom stereocenters. The second-order valence-electron chi connectivity index (χ2n) is 5.60. The van der Waals surface area contributed by atoms with Crippen molar-refractivity contribution in [1.29, 1.82) is 0 Å². The van der Waals surface area contributed by atoms with Gasteiger partial charge in [0.15, 0.2) is 6.61 Å². The quantitative estimate of drug-likeness (QED) is 0.798. The molecule has 1 aliphatic heterocycles. The van der Waals surface area contributed by atoms with Crippen LogP contribution in [0.5, 0.6) is 5.75 Å². The smallest absolute Gasteiger partial charge is 0.265 e. The Morgan fingerprint density at radius 3 is 2.54 bits per heavy atom. The summed E-state index contributed by atoms with van der Waals surface area (Å²) < 4.78 is 18.8. The zero-order valence-corrected chi connectivity index (χ0v) is 13.7. The van der Waals surface area contributed by atoms with Gasteiger partial charge in [-0.1, -0.05) is 30.3 Å². The summed E-state index contributed by atoms with van der Waals surface area (Å²) in [4.78, 5) is 37.2. The molecular weight excluding hydrogens is 341 g/mol. The zero-order valence-electron chi connectivity index (χ0n) is 13.7. The normalized spacial score (nSPS) is 12.8. The second kappa shape index (κ2) is 7.64. The van der Waals surface area contributed by atoms with Gasteiger partial charge < -0.3 is 4.74 Å². The van der Waals surface area contributed by atoms with Gasteiger partial charge in [-0.15, -0.1) is 0 Å². The van der Waals surface area contributed by atoms with Crippen molar-refractivity contribution < 1.29 is 23.5 Å². The van der Waals surface area contributed by atoms with Crippen molar-refractivity contribution in [3.05, 3.63) is 59.9 Å². The summed E-state index contributed by atoms with van der Waals surface area (Å²) in [5, 5.41) is 0. The lowest BCUT2D eigenvalue weighted by Gasteiger charge is -2.28. The maximum atomic E-state index is 13.5. The third-order valence-electron chi connectivity index (χ3n) is 3.76. The molecule has 1 aliphatic rings. The first kappa shape index (κ1) is 17.4. The Bertz CT molecular complexity index is 856. The molecule has 2 aromatic rings. The molecule has 0 saturated heterocycles. The highest BCUT2D eigenvalue weighted by Gasteiger charge is 2.27. The van der Waals surface area contributed by atoms with Crippen LogP contribution in [-0.4, -0.2) is 30.9 Å². The van der Waals surface area contributed by atoms with E-state index in [2.05, 4.69) is 10.9 Å². The molecule has 0 aliphatic carbocycles. The lowest BCUT2D eigenvalue weighted by Crippen LogP contribution is -2.50. The van der Waals surface area contributed by atoms with Gasteiger partial charge in [0.05, 0.1) is 12.1 Å². The molecular formula is C18H16FN3O4. The Morgan fingerprint density at radius 1 is 1.04 bits per heavy atom. The minimum Gasteiger partial charge on any atom is -0.482 e. The Labute approximate surface area is 148 Å². The van der Waals surface area contributed by atoms with E-state index in [9.17, 15) is 18.8 Å². The molecule has 0 atom stereocenters. The number of carbonyl (C=O) groups is 3. The van der Waals surface area contributed by atoms with E-state index in [1.54, 1.807) is 30.3 Å². The number of anilines is 1. The number of para-hydroxylation sites is 2. The number of benzene rings is 2. The van der Waals surface area contributed by atoms with Crippen LogP contribution >= 0.6 is 0 Å². The fraction of sp³-hybridized carbons (Fsp3) is 0.167. The summed E-state index contributed by atoms with van der Waals surface area (Å²) in [6.45, 7) is -0.441. The summed E-state index contributed by atoms with van der Waals surface area (Å²) in [5.74, 6) is -1.52. The molecule has 3 amide bonds. The van der Waals surface area contributed by atoms with Crippen LogP contribution in [0.3, 0.4) is 0 Å². The summed E-state index contributed by atoms with van der Waals surface area (Å²) >= 11 is 0. The first-order chi connectivity index (χ1) is 12.5. The molecule has 0 spiro atoms.